The SMILES string of the molecule is O=c1oc2ccccc2c2c1C(c1cc3ccccc3nc1Cl)c1c(ccc(O)c1O)O2. The number of pyridine rings is 1. The molecule has 3 aromatic carbocycles. The number of phenols is 2. The number of aromatic hydroxyl groups is 2. The van der Waals surface area contributed by atoms with Crippen molar-refractivity contribution < 1.29 is 19.4 Å². The second kappa shape index (κ2) is 6.73. The Kier molecular flexibility index (Phi) is 3.94. The molecule has 6 nitrogen and oxygen atoms in total. The molecule has 5 aromatic rings. The largest absolute Gasteiger partial charge is 0.504 e. The molecule has 1 aliphatic heterocycles. The summed E-state index contributed by atoms with van der Waals surface area (Å²) in [5.74, 6) is -0.974. The van der Waals surface area contributed by atoms with Gasteiger partial charge in [0.25, 0.3) is 0 Å². The van der Waals surface area contributed by atoms with Crippen LogP contribution in [0.5, 0.6) is 23.0 Å². The monoisotopic (exact) mass is 443 g/mol. The third kappa shape index (κ3) is 2.60. The van der Waals surface area contributed by atoms with E-state index >= 15 is 0 Å². The highest BCUT2D eigenvalue weighted by atomic mass is 35.5. The van der Waals surface area contributed by atoms with E-state index in [1.54, 1.807) is 24.3 Å². The number of benzene rings is 3. The second-order valence-corrected chi connectivity index (χ2v) is 7.93. The molecule has 3 heterocycles. The van der Waals surface area contributed by atoms with Gasteiger partial charge in [0, 0.05) is 10.9 Å². The quantitative estimate of drug-likeness (QED) is 0.192. The van der Waals surface area contributed by atoms with Gasteiger partial charge in [0.15, 0.2) is 11.5 Å². The average Bonchev–Trinajstić information content (AvgIpc) is 2.80. The van der Waals surface area contributed by atoms with Gasteiger partial charge in [0.2, 0.25) is 0 Å². The summed E-state index contributed by atoms with van der Waals surface area (Å²) in [7, 11) is 0. The first kappa shape index (κ1) is 18.7. The van der Waals surface area contributed by atoms with Crippen LogP contribution in [0.1, 0.15) is 22.6 Å². The standard InChI is InChI=1S/C25H14ClNO5/c26-24-14(11-12-5-1-3-7-15(12)27-24)19-20-18(10-9-16(28)22(20)29)31-23-13-6-2-4-8-17(13)32-25(30)21(19)23/h1-11,19,28-29H. The first-order valence-electron chi connectivity index (χ1n) is 9.86. The fraction of sp³-hybridized carbons (Fsp3) is 0.0400. The summed E-state index contributed by atoms with van der Waals surface area (Å²) in [6.45, 7) is 0. The minimum atomic E-state index is -0.869. The summed E-state index contributed by atoms with van der Waals surface area (Å²) in [6.07, 6.45) is 0. The van der Waals surface area contributed by atoms with Crippen molar-refractivity contribution in [2.45, 2.75) is 5.92 Å². The van der Waals surface area contributed by atoms with Crippen molar-refractivity contribution in [2.75, 3.05) is 0 Å². The summed E-state index contributed by atoms with van der Waals surface area (Å²) in [4.78, 5) is 17.7. The zero-order valence-corrected chi connectivity index (χ0v) is 17.1. The summed E-state index contributed by atoms with van der Waals surface area (Å²) in [5.41, 5.74) is 1.33. The zero-order chi connectivity index (χ0) is 22.0. The molecule has 1 unspecified atom stereocenters. The maximum absolute atomic E-state index is 13.2. The maximum Gasteiger partial charge on any atom is 0.344 e. The molecule has 6 rings (SSSR count). The highest BCUT2D eigenvalue weighted by Gasteiger charge is 2.38. The number of hydrogen-bond donors (Lipinski definition) is 2. The predicted molar refractivity (Wildman–Crippen MR) is 120 cm³/mol. The van der Waals surface area contributed by atoms with Gasteiger partial charge in [-0.1, -0.05) is 41.9 Å². The van der Waals surface area contributed by atoms with Crippen LogP contribution in [0.15, 0.2) is 75.9 Å². The number of fused-ring (bicyclic) bond motifs is 5. The molecule has 156 valence electrons. The minimum Gasteiger partial charge on any atom is -0.504 e. The van der Waals surface area contributed by atoms with Crippen molar-refractivity contribution in [3.8, 4) is 23.0 Å². The van der Waals surface area contributed by atoms with Crippen LogP contribution in [-0.2, 0) is 0 Å². The van der Waals surface area contributed by atoms with Crippen LogP contribution in [0.4, 0.5) is 0 Å². The van der Waals surface area contributed by atoms with Gasteiger partial charge in [-0.3, -0.25) is 0 Å². The molecule has 32 heavy (non-hydrogen) atoms. The molecular weight excluding hydrogens is 430 g/mol. The van der Waals surface area contributed by atoms with Gasteiger partial charge < -0.3 is 19.4 Å². The summed E-state index contributed by atoms with van der Waals surface area (Å²) in [5, 5.41) is 22.6. The lowest BCUT2D eigenvalue weighted by molar-refractivity contribution is 0.382. The van der Waals surface area contributed by atoms with Crippen LogP contribution in [0, 0.1) is 0 Å². The first-order valence-corrected chi connectivity index (χ1v) is 10.2. The molecule has 0 bridgehead atoms. The Morgan fingerprint density at radius 2 is 1.72 bits per heavy atom. The fourth-order valence-corrected chi connectivity index (χ4v) is 4.57. The Balaban J connectivity index is 1.76. The van der Waals surface area contributed by atoms with Crippen LogP contribution < -0.4 is 10.4 Å². The maximum atomic E-state index is 13.2. The van der Waals surface area contributed by atoms with Crippen molar-refractivity contribution in [2.24, 2.45) is 0 Å². The normalized spacial score (nSPS) is 14.7. The number of rotatable bonds is 1. The summed E-state index contributed by atoms with van der Waals surface area (Å²) < 4.78 is 11.7. The van der Waals surface area contributed by atoms with E-state index in [4.69, 9.17) is 20.8 Å². The molecule has 1 atom stereocenters. The number of aromatic nitrogens is 1. The number of para-hydroxylation sites is 2. The van der Waals surface area contributed by atoms with E-state index in [2.05, 4.69) is 4.98 Å². The van der Waals surface area contributed by atoms with Gasteiger partial charge >= 0.3 is 5.63 Å². The van der Waals surface area contributed by atoms with Gasteiger partial charge in [-0.2, -0.15) is 0 Å². The topological polar surface area (TPSA) is 92.8 Å². The van der Waals surface area contributed by atoms with Crippen LogP contribution >= 0.6 is 11.6 Å². The molecule has 0 fully saturated rings. The molecule has 2 N–H and O–H groups in total. The Bertz CT molecular complexity index is 1630. The molecule has 0 spiro atoms. The Morgan fingerprint density at radius 1 is 0.938 bits per heavy atom. The second-order valence-electron chi connectivity index (χ2n) is 7.57. The fourth-order valence-electron chi connectivity index (χ4n) is 4.32. The lowest BCUT2D eigenvalue weighted by Gasteiger charge is -2.29. The van der Waals surface area contributed by atoms with Crippen molar-refractivity contribution in [3.63, 3.8) is 0 Å². The van der Waals surface area contributed by atoms with E-state index in [9.17, 15) is 15.0 Å². The molecule has 0 saturated heterocycles. The molecule has 0 aliphatic carbocycles. The van der Waals surface area contributed by atoms with Crippen molar-refractivity contribution in [1.82, 2.24) is 4.98 Å². The van der Waals surface area contributed by atoms with Crippen molar-refractivity contribution >= 4 is 33.5 Å². The molecule has 0 radical (unpaired) electrons. The molecule has 0 amide bonds. The molecule has 7 heteroatoms. The zero-order valence-electron chi connectivity index (χ0n) is 16.4. The van der Waals surface area contributed by atoms with Crippen LogP contribution in [-0.4, -0.2) is 15.2 Å². The number of halogens is 1. The van der Waals surface area contributed by atoms with E-state index in [1.807, 2.05) is 36.4 Å². The van der Waals surface area contributed by atoms with E-state index in [1.165, 1.54) is 6.07 Å². The number of nitrogens with zero attached hydrogens (tertiary/aromatic N) is 1. The summed E-state index contributed by atoms with van der Waals surface area (Å²) >= 11 is 6.60. The number of phenolic OH excluding ortho intramolecular Hbond substituents is 2. The predicted octanol–water partition coefficient (Wildman–Crippen LogP) is 5.69. The number of hydrogen-bond acceptors (Lipinski definition) is 6. The Labute approximate surface area is 185 Å². The van der Waals surface area contributed by atoms with Crippen molar-refractivity contribution in [1.29, 1.82) is 0 Å². The third-order valence-corrected chi connectivity index (χ3v) is 6.06. The molecule has 0 saturated carbocycles. The third-order valence-electron chi connectivity index (χ3n) is 5.76. The van der Waals surface area contributed by atoms with Crippen LogP contribution in [0.3, 0.4) is 0 Å². The van der Waals surface area contributed by atoms with E-state index in [0.717, 1.165) is 5.39 Å². The summed E-state index contributed by atoms with van der Waals surface area (Å²) in [6, 6.07) is 19.2. The Hall–Kier alpha value is -4.03. The molecular formula is C25H14ClNO5. The van der Waals surface area contributed by atoms with Crippen LogP contribution in [0.25, 0.3) is 21.9 Å². The molecule has 1 aliphatic rings. The van der Waals surface area contributed by atoms with Gasteiger partial charge in [0.1, 0.15) is 22.2 Å². The average molecular weight is 444 g/mol. The highest BCUT2D eigenvalue weighted by molar-refractivity contribution is 6.30. The van der Waals surface area contributed by atoms with Crippen LogP contribution in [0.2, 0.25) is 5.15 Å². The first-order chi connectivity index (χ1) is 15.5. The van der Waals surface area contributed by atoms with E-state index in [0.29, 0.717) is 33.5 Å². The van der Waals surface area contributed by atoms with Gasteiger partial charge in [-0.15, -0.1) is 0 Å². The molecule has 2 aromatic heterocycles. The van der Waals surface area contributed by atoms with Crippen molar-refractivity contribution in [3.05, 3.63) is 99.0 Å². The van der Waals surface area contributed by atoms with Gasteiger partial charge in [-0.05, 0) is 36.4 Å². The van der Waals surface area contributed by atoms with Gasteiger partial charge in [-0.25, -0.2) is 9.78 Å². The minimum absolute atomic E-state index is 0.169. The van der Waals surface area contributed by atoms with Gasteiger partial charge in [0.05, 0.1) is 27.9 Å². The number of ether oxygens (including phenoxy) is 1. The lowest BCUT2D eigenvalue weighted by Crippen LogP contribution is -2.21. The van der Waals surface area contributed by atoms with E-state index in [-0.39, 0.29) is 22.0 Å². The highest BCUT2D eigenvalue weighted by Crippen LogP contribution is 2.54. The smallest absolute Gasteiger partial charge is 0.344 e. The van der Waals surface area contributed by atoms with E-state index < -0.39 is 17.3 Å². The Morgan fingerprint density at radius 3 is 2.59 bits per heavy atom. The lowest BCUT2D eigenvalue weighted by atomic mass is 9.82.